The lowest BCUT2D eigenvalue weighted by atomic mass is 9.88. The Balaban J connectivity index is 0. The maximum Gasteiger partial charge on any atom is 0.0135 e. The van der Waals surface area contributed by atoms with Crippen LogP contribution in [0.3, 0.4) is 0 Å². The van der Waals surface area contributed by atoms with Gasteiger partial charge in [-0.2, -0.15) is 0 Å². The Kier molecular flexibility index (Phi) is 4.87. The fraction of sp³-hybridized carbons (Fsp3) is 1.00. The predicted octanol–water partition coefficient (Wildman–Crippen LogP) is 3.84. The van der Waals surface area contributed by atoms with E-state index < -0.39 is 0 Å². The first-order valence-electron chi connectivity index (χ1n) is 5.17. The van der Waals surface area contributed by atoms with Crippen molar-refractivity contribution < 1.29 is 4.70 Å². The van der Waals surface area contributed by atoms with E-state index >= 15 is 0 Å². The van der Waals surface area contributed by atoms with Crippen LogP contribution in [0.1, 0.15) is 62.3 Å². The zero-order valence-electron chi connectivity index (χ0n) is 11.4. The van der Waals surface area contributed by atoms with Crippen LogP contribution in [0.5, 0.6) is 0 Å². The van der Waals surface area contributed by atoms with Crippen LogP contribution in [0.25, 0.3) is 0 Å². The van der Waals surface area contributed by atoms with Crippen molar-refractivity contribution in [2.45, 2.75) is 78.9 Å². The van der Waals surface area contributed by atoms with E-state index in [-0.39, 0.29) is 21.3 Å². The van der Waals surface area contributed by atoms with E-state index in [1.54, 1.807) is 0 Å². The van der Waals surface area contributed by atoms with Crippen molar-refractivity contribution in [3.63, 3.8) is 0 Å². The van der Waals surface area contributed by atoms with Gasteiger partial charge in [0, 0.05) is 16.6 Å². The standard InChI is InChI=1S/C12H27N.FH/c1-10(2,3)13(11(4,5)6)12(7,8)9;/h1-9H3;1H. The fourth-order valence-electron chi connectivity index (χ4n) is 3.02. The van der Waals surface area contributed by atoms with Crippen LogP contribution in [0.15, 0.2) is 0 Å². The van der Waals surface area contributed by atoms with Gasteiger partial charge in [0.25, 0.3) is 0 Å². The zero-order valence-corrected chi connectivity index (χ0v) is 11.4. The molecular weight excluding hydrogens is 177 g/mol. The molecule has 0 saturated carbocycles. The minimum absolute atomic E-state index is 0. The summed E-state index contributed by atoms with van der Waals surface area (Å²) in [7, 11) is 0. The molecule has 0 heterocycles. The lowest BCUT2D eigenvalue weighted by Crippen LogP contribution is -2.60. The molecule has 14 heavy (non-hydrogen) atoms. The minimum Gasteiger partial charge on any atom is -0.289 e. The molecule has 0 aliphatic rings. The van der Waals surface area contributed by atoms with Crippen LogP contribution in [0.4, 0.5) is 4.70 Å². The number of hydrogen-bond acceptors (Lipinski definition) is 1. The summed E-state index contributed by atoms with van der Waals surface area (Å²) < 4.78 is 0. The van der Waals surface area contributed by atoms with Gasteiger partial charge in [-0.3, -0.25) is 9.60 Å². The van der Waals surface area contributed by atoms with Crippen LogP contribution in [0.2, 0.25) is 0 Å². The zero-order chi connectivity index (χ0) is 11.1. The van der Waals surface area contributed by atoms with Crippen LogP contribution in [-0.4, -0.2) is 21.5 Å². The van der Waals surface area contributed by atoms with Gasteiger partial charge in [0.1, 0.15) is 0 Å². The molecule has 0 radical (unpaired) electrons. The van der Waals surface area contributed by atoms with Crippen molar-refractivity contribution >= 4 is 0 Å². The maximum atomic E-state index is 2.56. The van der Waals surface area contributed by atoms with Crippen molar-refractivity contribution in [2.24, 2.45) is 0 Å². The lowest BCUT2D eigenvalue weighted by Gasteiger charge is -2.53. The van der Waals surface area contributed by atoms with E-state index in [1.165, 1.54) is 0 Å². The summed E-state index contributed by atoms with van der Waals surface area (Å²) >= 11 is 0. The lowest BCUT2D eigenvalue weighted by molar-refractivity contribution is -0.0402. The highest BCUT2D eigenvalue weighted by Gasteiger charge is 2.38. The molecule has 0 amide bonds. The molecule has 1 nitrogen and oxygen atoms in total. The second-order valence-corrected chi connectivity index (χ2v) is 6.85. The third kappa shape index (κ3) is 4.41. The van der Waals surface area contributed by atoms with Crippen molar-refractivity contribution in [1.82, 2.24) is 4.90 Å². The van der Waals surface area contributed by atoms with Crippen molar-refractivity contribution in [2.75, 3.05) is 0 Å². The Hall–Kier alpha value is -0.110. The third-order valence-electron chi connectivity index (χ3n) is 2.01. The predicted molar refractivity (Wildman–Crippen MR) is 63.6 cm³/mol. The smallest absolute Gasteiger partial charge is 0.0135 e. The second-order valence-electron chi connectivity index (χ2n) is 6.85. The van der Waals surface area contributed by atoms with Crippen LogP contribution < -0.4 is 0 Å². The first-order valence-corrected chi connectivity index (χ1v) is 5.17. The average molecular weight is 205 g/mol. The van der Waals surface area contributed by atoms with Gasteiger partial charge in [-0.1, -0.05) is 0 Å². The van der Waals surface area contributed by atoms with Crippen molar-refractivity contribution in [1.29, 1.82) is 0 Å². The normalized spacial score (nSPS) is 14.1. The number of nitrogens with zero attached hydrogens (tertiary/aromatic N) is 1. The van der Waals surface area contributed by atoms with Gasteiger partial charge in [-0.25, -0.2) is 0 Å². The molecular formula is C12H28FN. The Labute approximate surface area is 89.2 Å². The first kappa shape index (κ1) is 16.3. The topological polar surface area (TPSA) is 3.24 Å². The maximum absolute atomic E-state index is 2.56. The quantitative estimate of drug-likeness (QED) is 0.581. The van der Waals surface area contributed by atoms with Gasteiger partial charge in [-0.05, 0) is 62.3 Å². The highest BCUT2D eigenvalue weighted by molar-refractivity contribution is 4.94. The number of rotatable bonds is 0. The second kappa shape index (κ2) is 4.18. The molecule has 0 unspecified atom stereocenters. The first-order chi connectivity index (χ1) is 5.37. The molecule has 0 rings (SSSR count). The fourth-order valence-corrected chi connectivity index (χ4v) is 3.02. The Bertz CT molecular complexity index is 133. The molecule has 0 saturated heterocycles. The minimum atomic E-state index is 0. The molecule has 88 valence electrons. The molecule has 0 atom stereocenters. The van der Waals surface area contributed by atoms with Gasteiger partial charge >= 0.3 is 0 Å². The molecule has 0 aliphatic heterocycles. The summed E-state index contributed by atoms with van der Waals surface area (Å²) in [5.74, 6) is 0. The molecule has 0 fully saturated rings. The van der Waals surface area contributed by atoms with Crippen LogP contribution in [0, 0.1) is 0 Å². The van der Waals surface area contributed by atoms with E-state index in [2.05, 4.69) is 67.2 Å². The summed E-state index contributed by atoms with van der Waals surface area (Å²) in [6.45, 7) is 20.5. The van der Waals surface area contributed by atoms with Gasteiger partial charge in [-0.15, -0.1) is 0 Å². The monoisotopic (exact) mass is 205 g/mol. The van der Waals surface area contributed by atoms with E-state index in [9.17, 15) is 0 Å². The SMILES string of the molecule is CC(C)(C)N(C(C)(C)C)C(C)(C)C.F. The average Bonchev–Trinajstić information content (AvgIpc) is 1.44. The summed E-state index contributed by atoms with van der Waals surface area (Å²) in [6.07, 6.45) is 0. The van der Waals surface area contributed by atoms with Crippen LogP contribution in [-0.2, 0) is 0 Å². The highest BCUT2D eigenvalue weighted by Crippen LogP contribution is 2.32. The molecule has 0 N–H and O–H groups in total. The number of hydrogen-bond donors (Lipinski definition) is 0. The summed E-state index contributed by atoms with van der Waals surface area (Å²) in [4.78, 5) is 2.56. The Morgan fingerprint density at radius 3 is 0.643 bits per heavy atom. The molecule has 0 spiro atoms. The Morgan fingerprint density at radius 2 is 0.643 bits per heavy atom. The van der Waals surface area contributed by atoms with E-state index in [0.29, 0.717) is 0 Å². The summed E-state index contributed by atoms with van der Waals surface area (Å²) in [5.41, 5.74) is 0.656. The van der Waals surface area contributed by atoms with Gasteiger partial charge in [0.2, 0.25) is 0 Å². The van der Waals surface area contributed by atoms with E-state index in [4.69, 9.17) is 0 Å². The highest BCUT2D eigenvalue weighted by atomic mass is 19.0. The van der Waals surface area contributed by atoms with Gasteiger partial charge in [0.05, 0.1) is 0 Å². The molecule has 0 bridgehead atoms. The van der Waals surface area contributed by atoms with Crippen molar-refractivity contribution in [3.05, 3.63) is 0 Å². The van der Waals surface area contributed by atoms with Crippen molar-refractivity contribution in [3.8, 4) is 0 Å². The summed E-state index contributed by atoms with van der Waals surface area (Å²) in [6, 6.07) is 0. The molecule has 0 aromatic rings. The third-order valence-corrected chi connectivity index (χ3v) is 2.01. The molecule has 2 heteroatoms. The number of halogens is 1. The largest absolute Gasteiger partial charge is 0.289 e. The van der Waals surface area contributed by atoms with Gasteiger partial charge < -0.3 is 0 Å². The molecule has 0 aromatic carbocycles. The molecule has 0 aliphatic carbocycles. The molecule has 0 aromatic heterocycles. The van der Waals surface area contributed by atoms with E-state index in [1.807, 2.05) is 0 Å². The Morgan fingerprint density at radius 1 is 0.500 bits per heavy atom. The van der Waals surface area contributed by atoms with Crippen LogP contribution >= 0.6 is 0 Å². The summed E-state index contributed by atoms with van der Waals surface area (Å²) in [5, 5.41) is 0. The van der Waals surface area contributed by atoms with Gasteiger partial charge in [0.15, 0.2) is 0 Å². The van der Waals surface area contributed by atoms with E-state index in [0.717, 1.165) is 0 Å².